The Balaban J connectivity index is 1.32. The maximum Gasteiger partial charge on any atom is 0.128 e. The first-order chi connectivity index (χ1) is 13.7. The van der Waals surface area contributed by atoms with Crippen LogP contribution in [0.15, 0.2) is 48.8 Å². The van der Waals surface area contributed by atoms with E-state index in [9.17, 15) is 0 Å². The summed E-state index contributed by atoms with van der Waals surface area (Å²) >= 11 is 0. The Bertz CT molecular complexity index is 874. The van der Waals surface area contributed by atoms with Gasteiger partial charge in [0.1, 0.15) is 5.82 Å². The fraction of sp³-hybridized carbons (Fsp3) is 0.391. The lowest BCUT2D eigenvalue weighted by molar-refractivity contribution is 0.436. The van der Waals surface area contributed by atoms with Crippen molar-refractivity contribution in [2.75, 3.05) is 18.0 Å². The first kappa shape index (κ1) is 18.7. The molecule has 0 unspecified atom stereocenters. The molecule has 2 aromatic heterocycles. The SMILES string of the molecule is Cc1ccc(-c2[nH]ncc2CNCc2ccc(N3CCC(C)CC3)nc2)cc1. The van der Waals surface area contributed by atoms with Crippen LogP contribution in [-0.4, -0.2) is 28.3 Å². The molecular formula is C23H29N5. The van der Waals surface area contributed by atoms with Crippen LogP contribution in [-0.2, 0) is 13.1 Å². The van der Waals surface area contributed by atoms with Crippen LogP contribution in [0.3, 0.4) is 0 Å². The second-order valence-electron chi connectivity index (χ2n) is 7.93. The Hall–Kier alpha value is -2.66. The maximum absolute atomic E-state index is 4.68. The molecule has 1 aliphatic rings. The summed E-state index contributed by atoms with van der Waals surface area (Å²) in [5, 5.41) is 10.9. The van der Waals surface area contributed by atoms with Gasteiger partial charge in [0.05, 0.1) is 11.9 Å². The van der Waals surface area contributed by atoms with E-state index in [1.54, 1.807) is 0 Å². The minimum atomic E-state index is 0.769. The molecule has 1 saturated heterocycles. The molecule has 0 amide bonds. The van der Waals surface area contributed by atoms with Crippen molar-refractivity contribution in [2.24, 2.45) is 5.92 Å². The summed E-state index contributed by atoms with van der Waals surface area (Å²) in [5.74, 6) is 1.94. The minimum Gasteiger partial charge on any atom is -0.357 e. The third-order valence-corrected chi connectivity index (χ3v) is 5.62. The molecule has 1 fully saturated rings. The van der Waals surface area contributed by atoms with Crippen LogP contribution in [0.25, 0.3) is 11.3 Å². The first-order valence-electron chi connectivity index (χ1n) is 10.2. The Morgan fingerprint density at radius 3 is 2.54 bits per heavy atom. The van der Waals surface area contributed by atoms with Crippen LogP contribution in [0.1, 0.15) is 36.5 Å². The van der Waals surface area contributed by atoms with E-state index in [4.69, 9.17) is 0 Å². The van der Waals surface area contributed by atoms with Crippen molar-refractivity contribution in [1.82, 2.24) is 20.5 Å². The summed E-state index contributed by atoms with van der Waals surface area (Å²) in [4.78, 5) is 7.08. The van der Waals surface area contributed by atoms with Gasteiger partial charge in [-0.2, -0.15) is 5.10 Å². The molecule has 0 spiro atoms. The second-order valence-corrected chi connectivity index (χ2v) is 7.93. The first-order valence-corrected chi connectivity index (χ1v) is 10.2. The van der Waals surface area contributed by atoms with Gasteiger partial charge >= 0.3 is 0 Å². The van der Waals surface area contributed by atoms with Crippen LogP contribution in [0.4, 0.5) is 5.82 Å². The Morgan fingerprint density at radius 2 is 1.82 bits per heavy atom. The van der Waals surface area contributed by atoms with Gasteiger partial charge in [-0.25, -0.2) is 4.98 Å². The molecule has 0 radical (unpaired) electrons. The van der Waals surface area contributed by atoms with E-state index in [1.165, 1.54) is 35.1 Å². The summed E-state index contributed by atoms with van der Waals surface area (Å²) in [5.41, 5.74) is 5.89. The number of aromatic nitrogens is 3. The number of rotatable bonds is 6. The molecule has 146 valence electrons. The number of nitrogens with one attached hydrogen (secondary N) is 2. The van der Waals surface area contributed by atoms with E-state index in [2.05, 4.69) is 75.6 Å². The number of pyridine rings is 1. The van der Waals surface area contributed by atoms with Crippen molar-refractivity contribution in [3.63, 3.8) is 0 Å². The largest absolute Gasteiger partial charge is 0.357 e. The van der Waals surface area contributed by atoms with Crippen LogP contribution in [0, 0.1) is 12.8 Å². The van der Waals surface area contributed by atoms with Gasteiger partial charge in [-0.05, 0) is 42.9 Å². The fourth-order valence-electron chi connectivity index (χ4n) is 3.70. The van der Waals surface area contributed by atoms with Crippen molar-refractivity contribution < 1.29 is 0 Å². The molecule has 28 heavy (non-hydrogen) atoms. The van der Waals surface area contributed by atoms with Gasteiger partial charge in [0, 0.05) is 37.9 Å². The molecule has 1 aliphatic heterocycles. The normalized spacial score (nSPS) is 15.1. The zero-order chi connectivity index (χ0) is 19.3. The highest BCUT2D eigenvalue weighted by molar-refractivity contribution is 5.62. The predicted molar refractivity (Wildman–Crippen MR) is 114 cm³/mol. The van der Waals surface area contributed by atoms with E-state index in [-0.39, 0.29) is 0 Å². The van der Waals surface area contributed by atoms with E-state index in [1.807, 2.05) is 12.4 Å². The molecular weight excluding hydrogens is 346 g/mol. The summed E-state index contributed by atoms with van der Waals surface area (Å²) < 4.78 is 0. The monoisotopic (exact) mass is 375 g/mol. The lowest BCUT2D eigenvalue weighted by Crippen LogP contribution is -2.33. The van der Waals surface area contributed by atoms with Gasteiger partial charge < -0.3 is 10.2 Å². The number of H-pyrrole nitrogens is 1. The zero-order valence-electron chi connectivity index (χ0n) is 16.8. The van der Waals surface area contributed by atoms with Gasteiger partial charge in [-0.1, -0.05) is 42.8 Å². The number of hydrogen-bond acceptors (Lipinski definition) is 4. The zero-order valence-corrected chi connectivity index (χ0v) is 16.8. The standard InChI is InChI=1S/C23H29N5/c1-17-3-6-20(7-4-17)23-21(16-26-27-23)15-24-13-19-5-8-22(25-14-19)28-11-9-18(2)10-12-28/h3-8,14,16,18,24H,9-13,15H2,1-2H3,(H,26,27). The van der Waals surface area contributed by atoms with Crippen molar-refractivity contribution in [1.29, 1.82) is 0 Å². The minimum absolute atomic E-state index is 0.769. The van der Waals surface area contributed by atoms with Crippen LogP contribution < -0.4 is 10.2 Å². The highest BCUT2D eigenvalue weighted by Gasteiger charge is 2.16. The lowest BCUT2D eigenvalue weighted by atomic mass is 9.99. The molecule has 0 saturated carbocycles. The predicted octanol–water partition coefficient (Wildman–Crippen LogP) is 4.31. The molecule has 0 atom stereocenters. The van der Waals surface area contributed by atoms with E-state index < -0.39 is 0 Å². The van der Waals surface area contributed by atoms with Crippen molar-refractivity contribution in [2.45, 2.75) is 39.8 Å². The number of anilines is 1. The number of nitrogens with zero attached hydrogens (tertiary/aromatic N) is 3. The molecule has 5 nitrogen and oxygen atoms in total. The lowest BCUT2D eigenvalue weighted by Gasteiger charge is -2.31. The highest BCUT2D eigenvalue weighted by atomic mass is 15.2. The van der Waals surface area contributed by atoms with Gasteiger partial charge in [0.15, 0.2) is 0 Å². The Morgan fingerprint density at radius 1 is 1.04 bits per heavy atom. The molecule has 3 aromatic rings. The smallest absolute Gasteiger partial charge is 0.128 e. The average Bonchev–Trinajstić information content (AvgIpc) is 3.18. The molecule has 2 N–H and O–H groups in total. The van der Waals surface area contributed by atoms with E-state index >= 15 is 0 Å². The number of benzene rings is 1. The van der Waals surface area contributed by atoms with Crippen LogP contribution >= 0.6 is 0 Å². The number of piperidine rings is 1. The summed E-state index contributed by atoms with van der Waals surface area (Å²) in [7, 11) is 0. The fourth-order valence-corrected chi connectivity index (χ4v) is 3.70. The maximum atomic E-state index is 4.68. The Kier molecular flexibility index (Phi) is 5.72. The topological polar surface area (TPSA) is 56.8 Å². The van der Waals surface area contributed by atoms with Crippen LogP contribution in [0.5, 0.6) is 0 Å². The van der Waals surface area contributed by atoms with Gasteiger partial charge in [-0.15, -0.1) is 0 Å². The molecule has 3 heterocycles. The molecule has 0 aliphatic carbocycles. The summed E-state index contributed by atoms with van der Waals surface area (Å²) in [6.07, 6.45) is 6.43. The number of aryl methyl sites for hydroxylation is 1. The molecule has 4 rings (SSSR count). The summed E-state index contributed by atoms with van der Waals surface area (Å²) in [6, 6.07) is 12.9. The Labute approximate surface area is 167 Å². The molecule has 5 heteroatoms. The number of aromatic amines is 1. The second kappa shape index (κ2) is 8.57. The number of hydrogen-bond donors (Lipinski definition) is 2. The van der Waals surface area contributed by atoms with Crippen molar-refractivity contribution in [3.8, 4) is 11.3 Å². The highest BCUT2D eigenvalue weighted by Crippen LogP contribution is 2.22. The third kappa shape index (κ3) is 4.42. The quantitative estimate of drug-likeness (QED) is 0.674. The van der Waals surface area contributed by atoms with Gasteiger partial charge in [-0.3, -0.25) is 5.10 Å². The third-order valence-electron chi connectivity index (χ3n) is 5.62. The van der Waals surface area contributed by atoms with E-state index in [0.717, 1.165) is 43.6 Å². The average molecular weight is 376 g/mol. The van der Waals surface area contributed by atoms with Crippen LogP contribution in [0.2, 0.25) is 0 Å². The molecule has 1 aromatic carbocycles. The van der Waals surface area contributed by atoms with Gasteiger partial charge in [0.25, 0.3) is 0 Å². The van der Waals surface area contributed by atoms with E-state index in [0.29, 0.717) is 0 Å². The van der Waals surface area contributed by atoms with Gasteiger partial charge in [0.2, 0.25) is 0 Å². The van der Waals surface area contributed by atoms with Crippen molar-refractivity contribution in [3.05, 3.63) is 65.5 Å². The molecule has 0 bridgehead atoms. The summed E-state index contributed by atoms with van der Waals surface area (Å²) in [6.45, 7) is 8.24. The van der Waals surface area contributed by atoms with Crippen molar-refractivity contribution >= 4 is 5.82 Å².